The highest BCUT2D eigenvalue weighted by Gasteiger charge is 2.12. The van der Waals surface area contributed by atoms with Crippen LogP contribution >= 0.6 is 0 Å². The number of anilines is 1. The van der Waals surface area contributed by atoms with Crippen molar-refractivity contribution >= 4 is 11.6 Å². The molecule has 0 aliphatic heterocycles. The van der Waals surface area contributed by atoms with Gasteiger partial charge in [-0.15, -0.1) is 0 Å². The Bertz CT molecular complexity index is 717. The fourth-order valence-corrected chi connectivity index (χ4v) is 1.98. The predicted octanol–water partition coefficient (Wildman–Crippen LogP) is 3.57. The lowest BCUT2D eigenvalue weighted by Gasteiger charge is -2.09. The molecule has 0 radical (unpaired) electrons. The summed E-state index contributed by atoms with van der Waals surface area (Å²) < 4.78 is 13.0. The summed E-state index contributed by atoms with van der Waals surface area (Å²) in [4.78, 5) is 12.2. The number of rotatable bonds is 2. The second-order valence-electron chi connectivity index (χ2n) is 4.57. The third-order valence-electron chi connectivity index (χ3n) is 2.98. The summed E-state index contributed by atoms with van der Waals surface area (Å²) in [5.74, 6) is -0.823. The molecule has 4 heteroatoms. The maximum atomic E-state index is 13.0. The van der Waals surface area contributed by atoms with Crippen LogP contribution in [-0.4, -0.2) is 5.91 Å². The van der Waals surface area contributed by atoms with Crippen LogP contribution in [0.25, 0.3) is 0 Å². The van der Waals surface area contributed by atoms with Gasteiger partial charge in [0.05, 0.1) is 11.3 Å². The zero-order valence-corrected chi connectivity index (χ0v) is 11.2. The van der Waals surface area contributed by atoms with Gasteiger partial charge in [0.2, 0.25) is 0 Å². The van der Waals surface area contributed by atoms with E-state index in [0.717, 1.165) is 17.2 Å². The summed E-state index contributed by atoms with van der Waals surface area (Å²) in [7, 11) is 0. The fourth-order valence-electron chi connectivity index (χ4n) is 1.98. The Hall–Kier alpha value is -2.67. The van der Waals surface area contributed by atoms with E-state index >= 15 is 0 Å². The molecule has 20 heavy (non-hydrogen) atoms. The number of amides is 1. The van der Waals surface area contributed by atoms with Crippen molar-refractivity contribution in [2.45, 2.75) is 13.8 Å². The minimum Gasteiger partial charge on any atom is -0.321 e. The SMILES string of the molecule is Cc1ccc(C(=O)Nc2ccc(F)cc2C#N)c(C)c1. The first-order valence-electron chi connectivity index (χ1n) is 6.09. The van der Waals surface area contributed by atoms with Crippen molar-refractivity contribution < 1.29 is 9.18 Å². The minimum absolute atomic E-state index is 0.100. The van der Waals surface area contributed by atoms with Gasteiger partial charge in [-0.1, -0.05) is 17.7 Å². The average Bonchev–Trinajstić information content (AvgIpc) is 2.40. The summed E-state index contributed by atoms with van der Waals surface area (Å²) >= 11 is 0. The third-order valence-corrected chi connectivity index (χ3v) is 2.98. The second kappa shape index (κ2) is 5.54. The number of halogens is 1. The number of nitrogens with zero attached hydrogens (tertiary/aromatic N) is 1. The third kappa shape index (κ3) is 2.83. The summed E-state index contributed by atoms with van der Waals surface area (Å²) in [6.45, 7) is 3.79. The average molecular weight is 268 g/mol. The number of benzene rings is 2. The van der Waals surface area contributed by atoms with Gasteiger partial charge in [-0.3, -0.25) is 4.79 Å². The molecule has 2 aromatic rings. The van der Waals surface area contributed by atoms with E-state index in [1.165, 1.54) is 12.1 Å². The number of hydrogen-bond donors (Lipinski definition) is 1. The summed E-state index contributed by atoms with van der Waals surface area (Å²) in [5.41, 5.74) is 2.85. The first-order chi connectivity index (χ1) is 9.51. The van der Waals surface area contributed by atoms with Crippen LogP contribution in [0.4, 0.5) is 10.1 Å². The molecule has 2 rings (SSSR count). The first kappa shape index (κ1) is 13.8. The maximum Gasteiger partial charge on any atom is 0.255 e. The summed E-state index contributed by atoms with van der Waals surface area (Å²) in [6.07, 6.45) is 0. The van der Waals surface area contributed by atoms with E-state index in [0.29, 0.717) is 11.3 Å². The lowest BCUT2D eigenvalue weighted by atomic mass is 10.0. The van der Waals surface area contributed by atoms with Gasteiger partial charge < -0.3 is 5.32 Å². The van der Waals surface area contributed by atoms with Gasteiger partial charge in [0.15, 0.2) is 0 Å². The van der Waals surface area contributed by atoms with Gasteiger partial charge in [-0.25, -0.2) is 4.39 Å². The zero-order valence-electron chi connectivity index (χ0n) is 11.2. The predicted molar refractivity (Wildman–Crippen MR) is 75.0 cm³/mol. The van der Waals surface area contributed by atoms with Crippen LogP contribution in [0, 0.1) is 31.0 Å². The molecule has 1 N–H and O–H groups in total. The Morgan fingerprint density at radius 3 is 2.60 bits per heavy atom. The highest BCUT2D eigenvalue weighted by Crippen LogP contribution is 2.18. The number of hydrogen-bond acceptors (Lipinski definition) is 2. The molecule has 0 aliphatic carbocycles. The van der Waals surface area contributed by atoms with Crippen LogP contribution in [0.3, 0.4) is 0 Å². The van der Waals surface area contributed by atoms with Crippen molar-refractivity contribution in [3.63, 3.8) is 0 Å². The molecule has 3 nitrogen and oxygen atoms in total. The van der Waals surface area contributed by atoms with Crippen molar-refractivity contribution in [3.8, 4) is 6.07 Å². The monoisotopic (exact) mass is 268 g/mol. The Morgan fingerprint density at radius 1 is 1.20 bits per heavy atom. The van der Waals surface area contributed by atoms with Gasteiger partial charge in [-0.05, 0) is 43.7 Å². The zero-order chi connectivity index (χ0) is 14.7. The molecule has 0 heterocycles. The first-order valence-corrected chi connectivity index (χ1v) is 6.09. The maximum absolute atomic E-state index is 13.0. The van der Waals surface area contributed by atoms with Crippen molar-refractivity contribution in [2.75, 3.05) is 5.32 Å². The quantitative estimate of drug-likeness (QED) is 0.905. The van der Waals surface area contributed by atoms with E-state index in [4.69, 9.17) is 5.26 Å². The molecular weight excluding hydrogens is 255 g/mol. The van der Waals surface area contributed by atoms with E-state index < -0.39 is 5.82 Å². The van der Waals surface area contributed by atoms with E-state index in [1.807, 2.05) is 32.0 Å². The molecule has 0 aliphatic rings. The molecular formula is C16H13FN2O. The number of nitrogens with one attached hydrogen (secondary N) is 1. The number of nitriles is 1. The van der Waals surface area contributed by atoms with Gasteiger partial charge in [0.25, 0.3) is 5.91 Å². The number of aryl methyl sites for hydroxylation is 2. The van der Waals surface area contributed by atoms with Crippen LogP contribution in [-0.2, 0) is 0 Å². The van der Waals surface area contributed by atoms with Crippen molar-refractivity contribution in [1.29, 1.82) is 5.26 Å². The molecule has 0 saturated heterocycles. The van der Waals surface area contributed by atoms with Gasteiger partial charge in [0.1, 0.15) is 11.9 Å². The molecule has 0 spiro atoms. The molecule has 0 unspecified atom stereocenters. The van der Waals surface area contributed by atoms with Gasteiger partial charge >= 0.3 is 0 Å². The molecule has 0 aromatic heterocycles. The molecule has 0 atom stereocenters. The van der Waals surface area contributed by atoms with E-state index in [2.05, 4.69) is 5.32 Å². The van der Waals surface area contributed by atoms with E-state index in [1.54, 1.807) is 6.07 Å². The normalized spacial score (nSPS) is 9.90. The number of carbonyl (C=O) groups excluding carboxylic acids is 1. The van der Waals surface area contributed by atoms with E-state index in [-0.39, 0.29) is 11.5 Å². The van der Waals surface area contributed by atoms with Crippen LogP contribution in [0.1, 0.15) is 27.0 Å². The second-order valence-corrected chi connectivity index (χ2v) is 4.57. The van der Waals surface area contributed by atoms with Crippen LogP contribution in [0.2, 0.25) is 0 Å². The lowest BCUT2D eigenvalue weighted by Crippen LogP contribution is -2.14. The minimum atomic E-state index is -0.508. The number of carbonyl (C=O) groups is 1. The fraction of sp³-hybridized carbons (Fsp3) is 0.125. The largest absolute Gasteiger partial charge is 0.321 e. The van der Waals surface area contributed by atoms with Crippen molar-refractivity contribution in [3.05, 3.63) is 64.5 Å². The molecule has 0 bridgehead atoms. The van der Waals surface area contributed by atoms with Gasteiger partial charge in [0, 0.05) is 5.56 Å². The Labute approximate surface area is 116 Å². The molecule has 0 fully saturated rings. The van der Waals surface area contributed by atoms with E-state index in [9.17, 15) is 9.18 Å². The highest BCUT2D eigenvalue weighted by molar-refractivity contribution is 6.05. The van der Waals surface area contributed by atoms with Crippen LogP contribution < -0.4 is 5.32 Å². The summed E-state index contributed by atoms with van der Waals surface area (Å²) in [6, 6.07) is 11.0. The lowest BCUT2D eigenvalue weighted by molar-refractivity contribution is 0.102. The smallest absolute Gasteiger partial charge is 0.255 e. The Balaban J connectivity index is 2.31. The van der Waals surface area contributed by atoms with Crippen LogP contribution in [0.15, 0.2) is 36.4 Å². The van der Waals surface area contributed by atoms with Gasteiger partial charge in [-0.2, -0.15) is 5.26 Å². The molecule has 0 saturated carbocycles. The van der Waals surface area contributed by atoms with Crippen molar-refractivity contribution in [2.24, 2.45) is 0 Å². The molecule has 2 aromatic carbocycles. The van der Waals surface area contributed by atoms with Crippen LogP contribution in [0.5, 0.6) is 0 Å². The standard InChI is InChI=1S/C16H13FN2O/c1-10-3-5-14(11(2)7-10)16(20)19-15-6-4-13(17)8-12(15)9-18/h3-8H,1-2H3,(H,19,20). The molecule has 100 valence electrons. The van der Waals surface area contributed by atoms with Crippen molar-refractivity contribution in [1.82, 2.24) is 0 Å². The Morgan fingerprint density at radius 2 is 1.95 bits per heavy atom. The molecule has 1 amide bonds. The topological polar surface area (TPSA) is 52.9 Å². The highest BCUT2D eigenvalue weighted by atomic mass is 19.1. The Kier molecular flexibility index (Phi) is 3.81. The summed E-state index contributed by atoms with van der Waals surface area (Å²) in [5, 5.41) is 11.6.